The maximum atomic E-state index is 13.4. The molecule has 39 heavy (non-hydrogen) atoms. The first-order valence-corrected chi connectivity index (χ1v) is 13.5. The summed E-state index contributed by atoms with van der Waals surface area (Å²) in [7, 11) is 0.780. The lowest BCUT2D eigenvalue weighted by Crippen LogP contribution is -2.51. The minimum absolute atomic E-state index is 0.0920. The summed E-state index contributed by atoms with van der Waals surface area (Å²) in [6, 6.07) is 5.14. The van der Waals surface area contributed by atoms with Crippen molar-refractivity contribution in [3.8, 4) is 23.1 Å². The van der Waals surface area contributed by atoms with Crippen LogP contribution >= 0.6 is 0 Å². The quantitative estimate of drug-likeness (QED) is 0.432. The molecule has 2 amide bonds. The predicted molar refractivity (Wildman–Crippen MR) is 150 cm³/mol. The van der Waals surface area contributed by atoms with Gasteiger partial charge in [-0.3, -0.25) is 4.79 Å². The Morgan fingerprint density at radius 1 is 1.23 bits per heavy atom. The van der Waals surface area contributed by atoms with Crippen molar-refractivity contribution < 1.29 is 23.6 Å². The van der Waals surface area contributed by atoms with Crippen molar-refractivity contribution in [1.82, 2.24) is 20.2 Å². The van der Waals surface area contributed by atoms with Gasteiger partial charge < -0.3 is 29.2 Å². The summed E-state index contributed by atoms with van der Waals surface area (Å²) >= 11 is 0. The van der Waals surface area contributed by atoms with E-state index in [4.69, 9.17) is 14.0 Å². The Labute approximate surface area is 231 Å². The van der Waals surface area contributed by atoms with E-state index >= 15 is 0 Å². The first-order chi connectivity index (χ1) is 18.4. The number of likely N-dealkylation sites (tertiary alicyclic amines) is 1. The summed E-state index contributed by atoms with van der Waals surface area (Å²) in [6.07, 6.45) is 2.81. The molecule has 1 aromatic carbocycles. The van der Waals surface area contributed by atoms with Crippen LogP contribution in [0.2, 0.25) is 0 Å². The number of ether oxygens (including phenoxy) is 1. The van der Waals surface area contributed by atoms with Gasteiger partial charge in [-0.25, -0.2) is 9.78 Å². The van der Waals surface area contributed by atoms with Gasteiger partial charge in [-0.15, -0.1) is 5.92 Å². The molecule has 2 N–H and O–H groups in total. The van der Waals surface area contributed by atoms with E-state index in [1.54, 1.807) is 18.0 Å². The average Bonchev–Trinajstić information content (AvgIpc) is 3.59. The van der Waals surface area contributed by atoms with Crippen molar-refractivity contribution >= 4 is 24.6 Å². The molecule has 2 aromatic rings. The zero-order valence-corrected chi connectivity index (χ0v) is 24.2. The molecule has 0 bridgehead atoms. The molecule has 2 unspecified atom stereocenters. The maximum Gasteiger partial charge on any atom is 0.496 e. The van der Waals surface area contributed by atoms with Crippen LogP contribution in [0.5, 0.6) is 0 Å². The fourth-order valence-electron chi connectivity index (χ4n) is 4.99. The van der Waals surface area contributed by atoms with Gasteiger partial charge in [-0.2, -0.15) is 0 Å². The molecule has 208 valence electrons. The number of carbonyl (C=O) groups is 2. The van der Waals surface area contributed by atoms with Gasteiger partial charge in [0.15, 0.2) is 0 Å². The van der Waals surface area contributed by atoms with Crippen molar-refractivity contribution in [3.63, 3.8) is 0 Å². The minimum Gasteiger partial charge on any atom is -0.453 e. The largest absolute Gasteiger partial charge is 0.496 e. The van der Waals surface area contributed by atoms with E-state index in [1.165, 1.54) is 7.11 Å². The third-order valence-corrected chi connectivity index (χ3v) is 7.97. The monoisotopic (exact) mass is 534 g/mol. The van der Waals surface area contributed by atoms with Crippen molar-refractivity contribution in [1.29, 1.82) is 0 Å². The Morgan fingerprint density at radius 2 is 1.92 bits per heavy atom. The number of hydrogen-bond acceptors (Lipinski definition) is 6. The number of alkyl carbamates (subject to hydrolysis) is 1. The lowest BCUT2D eigenvalue weighted by atomic mass is 9.75. The Morgan fingerprint density at radius 3 is 2.54 bits per heavy atom. The summed E-state index contributed by atoms with van der Waals surface area (Å²) < 4.78 is 17.3. The number of benzene rings is 1. The molecule has 2 fully saturated rings. The highest BCUT2D eigenvalue weighted by molar-refractivity contribution is 6.62. The van der Waals surface area contributed by atoms with Crippen LogP contribution in [0.3, 0.4) is 0 Å². The van der Waals surface area contributed by atoms with Gasteiger partial charge in [0.05, 0.1) is 36.2 Å². The smallest absolute Gasteiger partial charge is 0.453 e. The van der Waals surface area contributed by atoms with Gasteiger partial charge in [-0.1, -0.05) is 31.9 Å². The third kappa shape index (κ3) is 5.70. The van der Waals surface area contributed by atoms with E-state index in [0.29, 0.717) is 6.54 Å². The van der Waals surface area contributed by atoms with Crippen molar-refractivity contribution in [2.24, 2.45) is 5.92 Å². The summed E-state index contributed by atoms with van der Waals surface area (Å²) in [5, 5.41) is 2.69. The maximum absolute atomic E-state index is 13.4. The number of H-pyrrole nitrogens is 1. The third-order valence-electron chi connectivity index (χ3n) is 7.97. The number of methoxy groups -OCH3 is 1. The fraction of sp³-hybridized carbons (Fsp3) is 0.552. The van der Waals surface area contributed by atoms with E-state index in [9.17, 15) is 9.59 Å². The second-order valence-electron chi connectivity index (χ2n) is 11.5. The first kappa shape index (κ1) is 28.7. The molecule has 4 rings (SSSR count). The first-order valence-electron chi connectivity index (χ1n) is 13.5. The van der Waals surface area contributed by atoms with Crippen molar-refractivity contribution in [3.05, 3.63) is 35.8 Å². The van der Waals surface area contributed by atoms with Crippen LogP contribution in [-0.4, -0.2) is 64.9 Å². The van der Waals surface area contributed by atoms with Crippen LogP contribution in [0.4, 0.5) is 4.79 Å². The topological polar surface area (TPSA) is 106 Å². The molecule has 2 aliphatic rings. The zero-order chi connectivity index (χ0) is 28.5. The molecule has 9 nitrogen and oxygen atoms in total. The molecule has 0 radical (unpaired) electrons. The second-order valence-corrected chi connectivity index (χ2v) is 11.5. The number of imidazole rings is 1. The molecule has 2 saturated heterocycles. The van der Waals surface area contributed by atoms with Crippen molar-refractivity contribution in [2.45, 2.75) is 84.6 Å². The number of carbonyl (C=O) groups excluding carboxylic acids is 2. The summed E-state index contributed by atoms with van der Waals surface area (Å²) in [5.74, 6) is 6.70. The van der Waals surface area contributed by atoms with Gasteiger partial charge >= 0.3 is 13.2 Å². The standard InChI is InChI=1S/C29H39BN4O5/c1-9-11-19-16-20(13-14-21(19)30-38-28(4,5)29(6,7)39-30)22-17-31-25(32-22)23-12-10-15-34(23)26(35)24(18(2)3)33-27(36)37-8/h13-14,16-18,23-24H,10,12,15H2,1-8H3,(H,31,32)(H,33,36). The average molecular weight is 534 g/mol. The lowest BCUT2D eigenvalue weighted by Gasteiger charge is -2.32. The zero-order valence-electron chi connectivity index (χ0n) is 24.2. The number of hydrogen-bond donors (Lipinski definition) is 2. The second kappa shape index (κ2) is 11.1. The summed E-state index contributed by atoms with van der Waals surface area (Å²) in [6.45, 7) is 14.3. The minimum atomic E-state index is -0.676. The highest BCUT2D eigenvalue weighted by Crippen LogP contribution is 2.37. The molecule has 3 heterocycles. The van der Waals surface area contributed by atoms with E-state index in [0.717, 1.165) is 40.9 Å². The molecule has 10 heteroatoms. The number of nitrogens with one attached hydrogen (secondary N) is 2. The molecular formula is C29H39BN4O5. The highest BCUT2D eigenvalue weighted by atomic mass is 16.7. The van der Waals surface area contributed by atoms with Crippen LogP contribution in [0, 0.1) is 17.8 Å². The van der Waals surface area contributed by atoms with Gasteiger partial charge in [0.1, 0.15) is 11.9 Å². The van der Waals surface area contributed by atoms with Crippen LogP contribution in [0.25, 0.3) is 11.3 Å². The molecule has 0 saturated carbocycles. The molecule has 0 spiro atoms. The number of nitrogens with zero attached hydrogens (tertiary/aromatic N) is 2. The predicted octanol–water partition coefficient (Wildman–Crippen LogP) is 3.79. The lowest BCUT2D eigenvalue weighted by molar-refractivity contribution is -0.135. The fourth-order valence-corrected chi connectivity index (χ4v) is 4.99. The number of aromatic amines is 1. The molecule has 2 aliphatic heterocycles. The molecule has 0 aliphatic carbocycles. The van der Waals surface area contributed by atoms with Crippen LogP contribution in [-0.2, 0) is 18.8 Å². The van der Waals surface area contributed by atoms with Crippen LogP contribution < -0.4 is 10.8 Å². The highest BCUT2D eigenvalue weighted by Gasteiger charge is 2.52. The SMILES string of the molecule is CC#Cc1cc(-c2cnc(C3CCCN3C(=O)C(NC(=O)OC)C(C)C)[nH]2)ccc1B1OC(C)(C)C(C)(C)O1. The summed E-state index contributed by atoms with van der Waals surface area (Å²) in [5.41, 5.74) is 2.58. The van der Waals surface area contributed by atoms with Gasteiger partial charge in [0.25, 0.3) is 0 Å². The number of rotatable bonds is 6. The van der Waals surface area contributed by atoms with Crippen molar-refractivity contribution in [2.75, 3.05) is 13.7 Å². The van der Waals surface area contributed by atoms with E-state index < -0.39 is 30.5 Å². The van der Waals surface area contributed by atoms with Crippen LogP contribution in [0.1, 0.15) is 78.7 Å². The van der Waals surface area contributed by atoms with E-state index in [-0.39, 0.29) is 17.9 Å². The molecule has 1 aromatic heterocycles. The molecular weight excluding hydrogens is 495 g/mol. The summed E-state index contributed by atoms with van der Waals surface area (Å²) in [4.78, 5) is 35.2. The van der Waals surface area contributed by atoms with Gasteiger partial charge in [-0.05, 0) is 64.9 Å². The normalized spacial score (nSPS) is 20.5. The number of amides is 2. The Bertz CT molecular complexity index is 1280. The Kier molecular flexibility index (Phi) is 8.15. The number of aromatic nitrogens is 2. The van der Waals surface area contributed by atoms with Gasteiger partial charge in [0.2, 0.25) is 5.91 Å². The molecule has 2 atom stereocenters. The van der Waals surface area contributed by atoms with Gasteiger partial charge in [0, 0.05) is 17.7 Å². The Balaban J connectivity index is 1.58. The van der Waals surface area contributed by atoms with E-state index in [2.05, 4.69) is 27.1 Å². The Hall–Kier alpha value is -3.29. The van der Waals surface area contributed by atoms with E-state index in [1.807, 2.05) is 59.7 Å². The van der Waals surface area contributed by atoms with Crippen LogP contribution in [0.15, 0.2) is 24.4 Å².